The van der Waals surface area contributed by atoms with E-state index in [4.69, 9.17) is 14.2 Å². The van der Waals surface area contributed by atoms with Gasteiger partial charge in [0.15, 0.2) is 0 Å². The Morgan fingerprint density at radius 3 is 2.00 bits per heavy atom. The molecule has 0 atom stereocenters. The maximum Gasteiger partial charge on any atom is 0.222 e. The molecule has 0 saturated carbocycles. The number of carbonyl (C=O) groups excluding carboxylic acids is 1. The first kappa shape index (κ1) is 23.3. The molecule has 0 aromatic carbocycles. The van der Waals surface area contributed by atoms with Gasteiger partial charge in [-0.25, -0.2) is 0 Å². The standard InChI is InChI=1S/C18H38N2O4/c1-16(2)6-5-8-20-18(21)7-10-22-12-14-24-15-13-23-11-9-19-17(3)4/h16-17,19H,5-15H2,1-4H3,(H,20,21). The summed E-state index contributed by atoms with van der Waals surface area (Å²) < 4.78 is 16.2. The largest absolute Gasteiger partial charge is 0.379 e. The number of hydrogen-bond acceptors (Lipinski definition) is 5. The lowest BCUT2D eigenvalue weighted by Crippen LogP contribution is -2.27. The van der Waals surface area contributed by atoms with Gasteiger partial charge < -0.3 is 24.8 Å². The average molecular weight is 347 g/mol. The monoisotopic (exact) mass is 346 g/mol. The Bertz CT molecular complexity index is 286. The number of nitrogens with one attached hydrogen (secondary N) is 2. The number of amides is 1. The van der Waals surface area contributed by atoms with Crippen LogP contribution in [0.1, 0.15) is 47.0 Å². The van der Waals surface area contributed by atoms with Gasteiger partial charge in [-0.1, -0.05) is 27.7 Å². The molecule has 2 N–H and O–H groups in total. The lowest BCUT2D eigenvalue weighted by atomic mass is 10.1. The molecule has 6 heteroatoms. The van der Waals surface area contributed by atoms with Crippen LogP contribution in [0.15, 0.2) is 0 Å². The highest BCUT2D eigenvalue weighted by Crippen LogP contribution is 2.01. The highest BCUT2D eigenvalue weighted by Gasteiger charge is 2.01. The smallest absolute Gasteiger partial charge is 0.222 e. The molecule has 0 aromatic rings. The molecular weight excluding hydrogens is 308 g/mol. The molecule has 0 rings (SSSR count). The van der Waals surface area contributed by atoms with Crippen LogP contribution < -0.4 is 10.6 Å². The first-order valence-corrected chi connectivity index (χ1v) is 9.25. The van der Waals surface area contributed by atoms with Crippen molar-refractivity contribution in [3.63, 3.8) is 0 Å². The molecule has 144 valence electrons. The van der Waals surface area contributed by atoms with Crippen LogP contribution in [0.3, 0.4) is 0 Å². The second-order valence-corrected chi connectivity index (χ2v) is 6.58. The predicted octanol–water partition coefficient (Wildman–Crippen LogP) is 1.98. The molecule has 0 aliphatic rings. The Morgan fingerprint density at radius 2 is 1.42 bits per heavy atom. The van der Waals surface area contributed by atoms with Crippen molar-refractivity contribution < 1.29 is 19.0 Å². The first-order chi connectivity index (χ1) is 11.5. The highest BCUT2D eigenvalue weighted by molar-refractivity contribution is 5.75. The molecule has 0 radical (unpaired) electrons. The van der Waals surface area contributed by atoms with E-state index in [1.165, 1.54) is 0 Å². The topological polar surface area (TPSA) is 68.8 Å². The Morgan fingerprint density at radius 1 is 0.833 bits per heavy atom. The summed E-state index contributed by atoms with van der Waals surface area (Å²) in [6.45, 7) is 13.6. The molecule has 0 fully saturated rings. The summed E-state index contributed by atoms with van der Waals surface area (Å²) in [5.41, 5.74) is 0. The number of ether oxygens (including phenoxy) is 3. The first-order valence-electron chi connectivity index (χ1n) is 9.25. The van der Waals surface area contributed by atoms with Gasteiger partial charge >= 0.3 is 0 Å². The Hall–Kier alpha value is -0.690. The van der Waals surface area contributed by atoms with Gasteiger partial charge in [-0.3, -0.25) is 4.79 Å². The highest BCUT2D eigenvalue weighted by atomic mass is 16.5. The van der Waals surface area contributed by atoms with Gasteiger partial charge in [0.1, 0.15) is 0 Å². The van der Waals surface area contributed by atoms with Gasteiger partial charge in [-0.2, -0.15) is 0 Å². The molecule has 0 unspecified atom stereocenters. The summed E-state index contributed by atoms with van der Waals surface area (Å²) in [6.07, 6.45) is 2.59. The summed E-state index contributed by atoms with van der Waals surface area (Å²) in [5.74, 6) is 0.746. The molecule has 6 nitrogen and oxygen atoms in total. The van der Waals surface area contributed by atoms with Crippen molar-refractivity contribution in [1.29, 1.82) is 0 Å². The summed E-state index contributed by atoms with van der Waals surface area (Å²) in [7, 11) is 0. The molecule has 0 bridgehead atoms. The van der Waals surface area contributed by atoms with Crippen molar-refractivity contribution >= 4 is 5.91 Å². The lowest BCUT2D eigenvalue weighted by molar-refractivity contribution is -0.122. The minimum atomic E-state index is 0.0584. The van der Waals surface area contributed by atoms with Gasteiger partial charge in [0.05, 0.1) is 39.6 Å². The van der Waals surface area contributed by atoms with Crippen molar-refractivity contribution in [3.05, 3.63) is 0 Å². The van der Waals surface area contributed by atoms with E-state index in [-0.39, 0.29) is 5.91 Å². The molecule has 0 aliphatic carbocycles. The van der Waals surface area contributed by atoms with E-state index in [0.29, 0.717) is 58.0 Å². The minimum Gasteiger partial charge on any atom is -0.379 e. The number of rotatable bonds is 17. The van der Waals surface area contributed by atoms with E-state index in [9.17, 15) is 4.79 Å². The van der Waals surface area contributed by atoms with Crippen LogP contribution in [0, 0.1) is 5.92 Å². The van der Waals surface area contributed by atoms with Crippen LogP contribution in [0.5, 0.6) is 0 Å². The molecule has 24 heavy (non-hydrogen) atoms. The molecule has 1 amide bonds. The maximum atomic E-state index is 11.5. The summed E-state index contributed by atoms with van der Waals surface area (Å²) in [5, 5.41) is 6.19. The lowest BCUT2D eigenvalue weighted by Gasteiger charge is -2.09. The zero-order valence-corrected chi connectivity index (χ0v) is 16.1. The fraction of sp³-hybridized carbons (Fsp3) is 0.944. The number of hydrogen-bond donors (Lipinski definition) is 2. The molecule has 0 aliphatic heterocycles. The molecule has 0 spiro atoms. The van der Waals surface area contributed by atoms with E-state index in [0.717, 1.165) is 25.9 Å². The fourth-order valence-electron chi connectivity index (χ4n) is 1.95. The predicted molar refractivity (Wildman–Crippen MR) is 97.3 cm³/mol. The van der Waals surface area contributed by atoms with Crippen LogP contribution in [-0.4, -0.2) is 64.7 Å². The van der Waals surface area contributed by atoms with Crippen LogP contribution in [0.25, 0.3) is 0 Å². The molecule has 0 saturated heterocycles. The van der Waals surface area contributed by atoms with Crippen LogP contribution in [0.2, 0.25) is 0 Å². The molecular formula is C18H38N2O4. The maximum absolute atomic E-state index is 11.5. The third kappa shape index (κ3) is 19.4. The Labute approximate surface area is 148 Å². The van der Waals surface area contributed by atoms with Crippen molar-refractivity contribution in [1.82, 2.24) is 10.6 Å². The summed E-state index contributed by atoms with van der Waals surface area (Å²) in [6, 6.07) is 0.490. The van der Waals surface area contributed by atoms with E-state index in [1.807, 2.05) is 0 Å². The average Bonchev–Trinajstić information content (AvgIpc) is 2.52. The fourth-order valence-corrected chi connectivity index (χ4v) is 1.95. The van der Waals surface area contributed by atoms with Gasteiger partial charge in [-0.05, 0) is 18.8 Å². The third-order valence-electron chi connectivity index (χ3n) is 3.30. The van der Waals surface area contributed by atoms with Crippen molar-refractivity contribution in [2.45, 2.75) is 53.0 Å². The number of carbonyl (C=O) groups is 1. The van der Waals surface area contributed by atoms with Gasteiger partial charge in [0.25, 0.3) is 0 Å². The van der Waals surface area contributed by atoms with E-state index in [2.05, 4.69) is 38.3 Å². The van der Waals surface area contributed by atoms with Crippen LogP contribution in [-0.2, 0) is 19.0 Å². The Balaban J connectivity index is 3.15. The zero-order chi connectivity index (χ0) is 18.0. The second-order valence-electron chi connectivity index (χ2n) is 6.58. The van der Waals surface area contributed by atoms with E-state index >= 15 is 0 Å². The van der Waals surface area contributed by atoms with Crippen molar-refractivity contribution in [2.24, 2.45) is 5.92 Å². The van der Waals surface area contributed by atoms with Crippen molar-refractivity contribution in [3.8, 4) is 0 Å². The third-order valence-corrected chi connectivity index (χ3v) is 3.30. The summed E-state index contributed by atoms with van der Waals surface area (Å²) >= 11 is 0. The van der Waals surface area contributed by atoms with Gasteiger partial charge in [-0.15, -0.1) is 0 Å². The molecule has 0 heterocycles. The van der Waals surface area contributed by atoms with Crippen LogP contribution >= 0.6 is 0 Å². The van der Waals surface area contributed by atoms with Gasteiger partial charge in [0.2, 0.25) is 5.91 Å². The van der Waals surface area contributed by atoms with E-state index < -0.39 is 0 Å². The van der Waals surface area contributed by atoms with Crippen LogP contribution in [0.4, 0.5) is 0 Å². The van der Waals surface area contributed by atoms with Crippen molar-refractivity contribution in [2.75, 3.05) is 52.7 Å². The zero-order valence-electron chi connectivity index (χ0n) is 16.1. The second kappa shape index (κ2) is 17.1. The van der Waals surface area contributed by atoms with E-state index in [1.54, 1.807) is 0 Å². The SMILES string of the molecule is CC(C)CCCNC(=O)CCOCCOCCOCCNC(C)C. The normalized spacial score (nSPS) is 11.4. The minimum absolute atomic E-state index is 0.0584. The quantitative estimate of drug-likeness (QED) is 0.394. The van der Waals surface area contributed by atoms with Gasteiger partial charge in [0, 0.05) is 25.6 Å². The summed E-state index contributed by atoms with van der Waals surface area (Å²) in [4.78, 5) is 11.5. The molecule has 0 aromatic heterocycles. The Kier molecular flexibility index (Phi) is 16.7.